The zero-order valence-corrected chi connectivity index (χ0v) is 21.4. The third-order valence-electron chi connectivity index (χ3n) is 5.63. The molecule has 0 unspecified atom stereocenters. The van der Waals surface area contributed by atoms with Crippen molar-refractivity contribution in [2.24, 2.45) is 0 Å². The summed E-state index contributed by atoms with van der Waals surface area (Å²) in [4.78, 5) is 35.4. The van der Waals surface area contributed by atoms with Gasteiger partial charge in [-0.3, -0.25) is 19.2 Å². The second-order valence-corrected chi connectivity index (χ2v) is 9.80. The van der Waals surface area contributed by atoms with Crippen LogP contribution in [0.15, 0.2) is 65.6 Å². The third-order valence-corrected chi connectivity index (χ3v) is 7.40. The molecule has 0 atom stereocenters. The molecule has 1 amide bonds. The molecule has 0 radical (unpaired) electrons. The van der Waals surface area contributed by atoms with Crippen LogP contribution < -0.4 is 14.4 Å². The number of carbonyl (C=O) groups is 2. The van der Waals surface area contributed by atoms with Gasteiger partial charge in [0.2, 0.25) is 5.91 Å². The van der Waals surface area contributed by atoms with Crippen LogP contribution in [0, 0.1) is 24.0 Å². The van der Waals surface area contributed by atoms with Crippen molar-refractivity contribution in [1.82, 2.24) is 0 Å². The SMILES string of the molecule is COC(=O)c1cccc(NC(=O)CN(c2ccc(OC)cc2)S(=O)(=O)c2ccc(C)c([N+](=O)[O-])c2)c1C. The predicted octanol–water partition coefficient (Wildman–Crippen LogP) is 3.84. The van der Waals surface area contributed by atoms with Gasteiger partial charge in [-0.05, 0) is 61.9 Å². The number of nitro benzene ring substituents is 1. The molecule has 11 nitrogen and oxygen atoms in total. The zero-order valence-electron chi connectivity index (χ0n) is 20.5. The fraction of sp³-hybridized carbons (Fsp3) is 0.200. The molecule has 1 N–H and O–H groups in total. The maximum Gasteiger partial charge on any atom is 0.338 e. The Balaban J connectivity index is 2.02. The van der Waals surface area contributed by atoms with E-state index in [2.05, 4.69) is 5.32 Å². The number of sulfonamides is 1. The second-order valence-electron chi connectivity index (χ2n) is 7.93. The molecule has 0 saturated carbocycles. The van der Waals surface area contributed by atoms with Gasteiger partial charge >= 0.3 is 5.97 Å². The van der Waals surface area contributed by atoms with Gasteiger partial charge < -0.3 is 14.8 Å². The molecular weight excluding hydrogens is 502 g/mol. The van der Waals surface area contributed by atoms with Gasteiger partial charge in [0.25, 0.3) is 15.7 Å². The Morgan fingerprint density at radius 3 is 2.30 bits per heavy atom. The quantitative estimate of drug-likeness (QED) is 0.251. The van der Waals surface area contributed by atoms with E-state index in [1.807, 2.05) is 0 Å². The monoisotopic (exact) mass is 527 g/mol. The minimum Gasteiger partial charge on any atom is -0.497 e. The van der Waals surface area contributed by atoms with E-state index in [0.29, 0.717) is 22.6 Å². The predicted molar refractivity (Wildman–Crippen MR) is 137 cm³/mol. The Hall–Kier alpha value is -4.45. The summed E-state index contributed by atoms with van der Waals surface area (Å²) >= 11 is 0. The molecule has 12 heteroatoms. The van der Waals surface area contributed by atoms with Crippen LogP contribution in [0.5, 0.6) is 5.75 Å². The summed E-state index contributed by atoms with van der Waals surface area (Å²) in [5, 5.41) is 14.0. The lowest BCUT2D eigenvalue weighted by Crippen LogP contribution is -2.38. The van der Waals surface area contributed by atoms with Crippen molar-refractivity contribution in [2.45, 2.75) is 18.7 Å². The van der Waals surface area contributed by atoms with Crippen LogP contribution in [0.3, 0.4) is 0 Å². The molecular formula is C25H25N3O8S. The fourth-order valence-corrected chi connectivity index (χ4v) is 5.00. The highest BCUT2D eigenvalue weighted by Gasteiger charge is 2.29. The van der Waals surface area contributed by atoms with Gasteiger partial charge in [0.15, 0.2) is 0 Å². The van der Waals surface area contributed by atoms with Crippen LogP contribution in [0.2, 0.25) is 0 Å². The molecule has 0 aromatic heterocycles. The van der Waals surface area contributed by atoms with E-state index < -0.39 is 33.4 Å². The molecule has 0 bridgehead atoms. The number of nitro groups is 1. The van der Waals surface area contributed by atoms with E-state index in [1.54, 1.807) is 19.1 Å². The number of aryl methyl sites for hydroxylation is 1. The summed E-state index contributed by atoms with van der Waals surface area (Å²) < 4.78 is 38.0. The largest absolute Gasteiger partial charge is 0.497 e. The van der Waals surface area contributed by atoms with Crippen LogP contribution in [-0.2, 0) is 19.6 Å². The molecule has 0 saturated heterocycles. The number of anilines is 2. The highest BCUT2D eigenvalue weighted by Crippen LogP contribution is 2.29. The summed E-state index contributed by atoms with van der Waals surface area (Å²) in [6.07, 6.45) is 0. The van der Waals surface area contributed by atoms with Gasteiger partial charge in [-0.15, -0.1) is 0 Å². The molecule has 3 aromatic rings. The lowest BCUT2D eigenvalue weighted by molar-refractivity contribution is -0.385. The number of ether oxygens (including phenoxy) is 2. The standard InChI is InChI=1S/C25H25N3O8S/c1-16-8-13-20(14-23(16)28(31)32)37(33,34)27(18-9-11-19(35-3)12-10-18)15-24(29)26-22-7-5-6-21(17(22)2)25(30)36-4/h5-14H,15H2,1-4H3,(H,26,29). The summed E-state index contributed by atoms with van der Waals surface area (Å²) in [7, 11) is -1.73. The minimum atomic E-state index is -4.42. The number of hydrogen-bond acceptors (Lipinski definition) is 8. The van der Waals surface area contributed by atoms with Gasteiger partial charge in [-0.1, -0.05) is 12.1 Å². The van der Waals surface area contributed by atoms with Gasteiger partial charge in [0, 0.05) is 17.3 Å². The first kappa shape index (κ1) is 27.1. The average Bonchev–Trinajstić information content (AvgIpc) is 2.88. The van der Waals surface area contributed by atoms with Crippen LogP contribution in [0.25, 0.3) is 0 Å². The number of nitrogens with one attached hydrogen (secondary N) is 1. The van der Waals surface area contributed by atoms with Gasteiger partial charge in [-0.2, -0.15) is 0 Å². The van der Waals surface area contributed by atoms with E-state index in [0.717, 1.165) is 10.4 Å². The van der Waals surface area contributed by atoms with Crippen LogP contribution in [0.1, 0.15) is 21.5 Å². The number of rotatable bonds is 9. The maximum absolute atomic E-state index is 13.6. The molecule has 0 fully saturated rings. The minimum absolute atomic E-state index is 0.138. The van der Waals surface area contributed by atoms with E-state index >= 15 is 0 Å². The van der Waals surface area contributed by atoms with Crippen LogP contribution in [-0.4, -0.2) is 46.0 Å². The van der Waals surface area contributed by atoms with E-state index in [-0.39, 0.29) is 21.8 Å². The molecule has 194 valence electrons. The van der Waals surface area contributed by atoms with E-state index in [9.17, 15) is 28.1 Å². The Morgan fingerprint density at radius 1 is 1.03 bits per heavy atom. The summed E-state index contributed by atoms with van der Waals surface area (Å²) in [6, 6.07) is 14.2. The number of methoxy groups -OCH3 is 2. The average molecular weight is 528 g/mol. The smallest absolute Gasteiger partial charge is 0.338 e. The molecule has 0 aliphatic rings. The first-order chi connectivity index (χ1) is 17.5. The molecule has 0 heterocycles. The zero-order chi connectivity index (χ0) is 27.3. The van der Waals surface area contributed by atoms with Gasteiger partial charge in [0.1, 0.15) is 12.3 Å². The number of esters is 1. The van der Waals surface area contributed by atoms with Crippen molar-refractivity contribution in [2.75, 3.05) is 30.4 Å². The topological polar surface area (TPSA) is 145 Å². The summed E-state index contributed by atoms with van der Waals surface area (Å²) in [6.45, 7) is 2.46. The van der Waals surface area contributed by atoms with Crippen molar-refractivity contribution in [3.8, 4) is 5.75 Å². The molecule has 3 rings (SSSR count). The lowest BCUT2D eigenvalue weighted by atomic mass is 10.1. The number of nitrogens with zero attached hydrogens (tertiary/aromatic N) is 2. The normalized spacial score (nSPS) is 10.9. The van der Waals surface area contributed by atoms with Gasteiger partial charge in [0.05, 0.1) is 35.3 Å². The highest BCUT2D eigenvalue weighted by molar-refractivity contribution is 7.92. The molecule has 0 spiro atoms. The maximum atomic E-state index is 13.6. The van der Waals surface area contributed by atoms with Crippen LogP contribution >= 0.6 is 0 Å². The molecule has 0 aliphatic carbocycles. The lowest BCUT2D eigenvalue weighted by Gasteiger charge is -2.24. The first-order valence-corrected chi connectivity index (χ1v) is 12.3. The van der Waals surface area contributed by atoms with Crippen LogP contribution in [0.4, 0.5) is 17.1 Å². The highest BCUT2D eigenvalue weighted by atomic mass is 32.2. The van der Waals surface area contributed by atoms with E-state index in [4.69, 9.17) is 9.47 Å². The summed E-state index contributed by atoms with van der Waals surface area (Å²) in [5.41, 5.74) is 1.04. The van der Waals surface area contributed by atoms with Crippen molar-refractivity contribution in [3.05, 3.63) is 87.5 Å². The third kappa shape index (κ3) is 5.86. The molecule has 37 heavy (non-hydrogen) atoms. The number of hydrogen-bond donors (Lipinski definition) is 1. The number of amides is 1. The number of carbonyl (C=O) groups excluding carboxylic acids is 2. The second kappa shape index (κ2) is 11.1. The fourth-order valence-electron chi connectivity index (χ4n) is 3.56. The Kier molecular flexibility index (Phi) is 8.13. The van der Waals surface area contributed by atoms with Crippen molar-refractivity contribution in [3.63, 3.8) is 0 Å². The Labute approximate surface area is 213 Å². The van der Waals surface area contributed by atoms with Crippen molar-refractivity contribution < 1.29 is 32.4 Å². The molecule has 0 aliphatic heterocycles. The van der Waals surface area contributed by atoms with Crippen molar-refractivity contribution >= 4 is 39.0 Å². The molecule has 3 aromatic carbocycles. The first-order valence-electron chi connectivity index (χ1n) is 10.9. The summed E-state index contributed by atoms with van der Waals surface area (Å²) in [5.74, 6) is -0.824. The Morgan fingerprint density at radius 2 is 1.70 bits per heavy atom. The Bertz CT molecular complexity index is 1450. The van der Waals surface area contributed by atoms with E-state index in [1.165, 1.54) is 63.6 Å². The van der Waals surface area contributed by atoms with Crippen molar-refractivity contribution in [1.29, 1.82) is 0 Å². The van der Waals surface area contributed by atoms with Gasteiger partial charge in [-0.25, -0.2) is 13.2 Å². The number of benzene rings is 3.